The summed E-state index contributed by atoms with van der Waals surface area (Å²) >= 11 is 2.17. The Kier molecular flexibility index (Phi) is 5.48. The minimum Gasteiger partial charge on any atom is -0.386 e. The Balaban J connectivity index is 2.72. The number of aryl methyl sites for hydroxylation is 1. The maximum absolute atomic E-state index is 12.4. The molecule has 0 aliphatic carbocycles. The summed E-state index contributed by atoms with van der Waals surface area (Å²) < 4.78 is 3.49. The number of allylic oxidation sites excluding steroid dienone is 2. The molecule has 0 spiro atoms. The van der Waals surface area contributed by atoms with Crippen molar-refractivity contribution in [2.24, 2.45) is 7.05 Å². The van der Waals surface area contributed by atoms with E-state index in [2.05, 4.69) is 21.2 Å². The molecule has 2 aromatic rings. The average Bonchev–Trinajstić information content (AvgIpc) is 2.91. The predicted molar refractivity (Wildman–Crippen MR) is 108 cm³/mol. The molecule has 2 rings (SSSR count). The fourth-order valence-electron chi connectivity index (χ4n) is 2.63. The lowest BCUT2D eigenvalue weighted by molar-refractivity contribution is 0.123. The van der Waals surface area contributed by atoms with Crippen LogP contribution in [0.15, 0.2) is 41.0 Å². The van der Waals surface area contributed by atoms with Gasteiger partial charge in [-0.25, -0.2) is 0 Å². The molecule has 6 heteroatoms. The smallest absolute Gasteiger partial charge is 0.275 e. The molecule has 0 radical (unpaired) electrons. The maximum Gasteiger partial charge on any atom is 0.275 e. The van der Waals surface area contributed by atoms with Gasteiger partial charge in [-0.05, 0) is 44.9 Å². The Morgan fingerprint density at radius 3 is 2.61 bits per heavy atom. The van der Waals surface area contributed by atoms with Crippen LogP contribution in [0.2, 0.25) is 0 Å². The predicted octanol–water partition coefficient (Wildman–Crippen LogP) is 4.31. The van der Waals surface area contributed by atoms with Gasteiger partial charge in [-0.2, -0.15) is 0 Å². The van der Waals surface area contributed by atoms with Crippen LogP contribution >= 0.6 is 30.3 Å². The Morgan fingerprint density at radius 1 is 1.43 bits per heavy atom. The van der Waals surface area contributed by atoms with Gasteiger partial charge in [0.2, 0.25) is 0 Å². The van der Waals surface area contributed by atoms with Crippen LogP contribution in [0.3, 0.4) is 0 Å². The number of aromatic nitrogens is 2. The molecule has 0 saturated carbocycles. The van der Waals surface area contributed by atoms with E-state index in [4.69, 9.17) is 0 Å². The SMILES string of the molecule is C/C=C(\C=C(/C)c1cn(C)c(=O)c2c1ccn2SI)C(C)(C)O. The molecule has 0 fully saturated rings. The number of hydrogen-bond donors (Lipinski definition) is 1. The van der Waals surface area contributed by atoms with Crippen molar-refractivity contribution in [1.82, 2.24) is 8.54 Å². The first-order chi connectivity index (χ1) is 10.7. The topological polar surface area (TPSA) is 47.2 Å². The molecule has 23 heavy (non-hydrogen) atoms. The third-order valence-electron chi connectivity index (χ3n) is 3.88. The molecule has 0 bridgehead atoms. The third kappa shape index (κ3) is 3.59. The number of hydrogen-bond acceptors (Lipinski definition) is 3. The van der Waals surface area contributed by atoms with Crippen LogP contribution in [0.4, 0.5) is 0 Å². The molecule has 0 atom stereocenters. The number of fused-ring (bicyclic) bond motifs is 1. The molecule has 0 saturated heterocycles. The molecule has 124 valence electrons. The quantitative estimate of drug-likeness (QED) is 0.565. The Bertz CT molecular complexity index is 854. The number of rotatable bonds is 4. The highest BCUT2D eigenvalue weighted by Gasteiger charge is 2.18. The summed E-state index contributed by atoms with van der Waals surface area (Å²) in [7, 11) is 3.24. The molecule has 0 aliphatic rings. The van der Waals surface area contributed by atoms with E-state index in [-0.39, 0.29) is 5.56 Å². The van der Waals surface area contributed by atoms with Crippen LogP contribution in [0, 0.1) is 0 Å². The van der Waals surface area contributed by atoms with Gasteiger partial charge in [-0.15, -0.1) is 0 Å². The standard InChI is InChI=1S/C17H21IN2O2S/c1-6-12(17(3,4)22)9-11(2)14-10-19(5)16(21)15-13(14)7-8-20(15)23-18/h6-10,22H,1-5H3/b11-9+,12-6+. The van der Waals surface area contributed by atoms with Crippen molar-refractivity contribution in [2.75, 3.05) is 0 Å². The summed E-state index contributed by atoms with van der Waals surface area (Å²) in [5.74, 6) is 0. The second-order valence-corrected chi connectivity index (χ2v) is 7.78. The molecule has 1 N–H and O–H groups in total. The van der Waals surface area contributed by atoms with E-state index >= 15 is 0 Å². The van der Waals surface area contributed by atoms with Crippen molar-refractivity contribution in [3.05, 3.63) is 52.1 Å². The van der Waals surface area contributed by atoms with Crippen molar-refractivity contribution in [1.29, 1.82) is 0 Å². The molecule has 4 nitrogen and oxygen atoms in total. The van der Waals surface area contributed by atoms with Crippen molar-refractivity contribution in [3.63, 3.8) is 0 Å². The summed E-state index contributed by atoms with van der Waals surface area (Å²) in [5.41, 5.74) is 2.62. The van der Waals surface area contributed by atoms with E-state index in [1.54, 1.807) is 25.5 Å². The highest BCUT2D eigenvalue weighted by Crippen LogP contribution is 2.29. The van der Waals surface area contributed by atoms with Gasteiger partial charge < -0.3 is 9.67 Å². The first-order valence-electron chi connectivity index (χ1n) is 7.28. The Morgan fingerprint density at radius 2 is 2.09 bits per heavy atom. The van der Waals surface area contributed by atoms with E-state index in [1.165, 1.54) is 9.12 Å². The summed E-state index contributed by atoms with van der Waals surface area (Å²) in [4.78, 5) is 12.4. The monoisotopic (exact) mass is 444 g/mol. The fourth-order valence-corrected chi connectivity index (χ4v) is 3.96. The van der Waals surface area contributed by atoms with E-state index in [9.17, 15) is 9.90 Å². The van der Waals surface area contributed by atoms with Gasteiger partial charge >= 0.3 is 0 Å². The summed E-state index contributed by atoms with van der Waals surface area (Å²) in [6.07, 6.45) is 7.66. The minimum atomic E-state index is -0.903. The second kappa shape index (κ2) is 6.86. The fraction of sp³-hybridized carbons (Fsp3) is 0.353. The number of aliphatic hydroxyl groups is 1. The number of halogens is 1. The zero-order valence-corrected chi connectivity index (χ0v) is 16.9. The third-order valence-corrected chi connectivity index (χ3v) is 5.60. The summed E-state index contributed by atoms with van der Waals surface area (Å²) in [6.45, 7) is 7.46. The van der Waals surface area contributed by atoms with Gasteiger partial charge in [0.1, 0.15) is 5.52 Å². The van der Waals surface area contributed by atoms with Gasteiger partial charge in [0.15, 0.2) is 0 Å². The van der Waals surface area contributed by atoms with Gasteiger partial charge in [0.25, 0.3) is 5.56 Å². The van der Waals surface area contributed by atoms with Crippen molar-refractivity contribution in [2.45, 2.75) is 33.3 Å². The van der Waals surface area contributed by atoms with Crippen molar-refractivity contribution >= 4 is 46.8 Å². The second-order valence-electron chi connectivity index (χ2n) is 6.06. The van der Waals surface area contributed by atoms with Crippen LogP contribution in [0.25, 0.3) is 16.5 Å². The zero-order chi connectivity index (χ0) is 17.4. The molecular formula is C17H21IN2O2S. The van der Waals surface area contributed by atoms with E-state index in [0.717, 1.165) is 22.1 Å². The van der Waals surface area contributed by atoms with E-state index in [0.29, 0.717) is 5.52 Å². The zero-order valence-electron chi connectivity index (χ0n) is 13.9. The van der Waals surface area contributed by atoms with Crippen molar-refractivity contribution in [3.8, 4) is 0 Å². The lowest BCUT2D eigenvalue weighted by atomic mass is 9.94. The highest BCUT2D eigenvalue weighted by atomic mass is 127. The lowest BCUT2D eigenvalue weighted by Crippen LogP contribution is -2.21. The van der Waals surface area contributed by atoms with Crippen LogP contribution in [0.1, 0.15) is 33.3 Å². The Hall–Kier alpha value is -0.990. The van der Waals surface area contributed by atoms with Crippen LogP contribution in [0.5, 0.6) is 0 Å². The maximum atomic E-state index is 12.4. The molecule has 0 aromatic carbocycles. The highest BCUT2D eigenvalue weighted by molar-refractivity contribution is 14.2. The first kappa shape index (κ1) is 18.4. The Labute approximate surface area is 152 Å². The number of nitrogens with zero attached hydrogens (tertiary/aromatic N) is 2. The van der Waals surface area contributed by atoms with Gasteiger partial charge in [-0.1, -0.05) is 12.2 Å². The molecular weight excluding hydrogens is 423 g/mol. The van der Waals surface area contributed by atoms with E-state index in [1.807, 2.05) is 48.4 Å². The molecule has 0 unspecified atom stereocenters. The molecule has 2 heterocycles. The van der Waals surface area contributed by atoms with Gasteiger partial charge in [0, 0.05) is 60.7 Å². The molecule has 0 aliphatic heterocycles. The summed E-state index contributed by atoms with van der Waals surface area (Å²) in [6, 6.07) is 1.97. The van der Waals surface area contributed by atoms with E-state index < -0.39 is 5.60 Å². The largest absolute Gasteiger partial charge is 0.386 e. The first-order valence-corrected chi connectivity index (χ1v) is 10.6. The van der Waals surface area contributed by atoms with Crippen LogP contribution < -0.4 is 5.56 Å². The van der Waals surface area contributed by atoms with Crippen LogP contribution in [-0.4, -0.2) is 19.2 Å². The molecule has 0 amide bonds. The number of pyridine rings is 1. The normalized spacial score (nSPS) is 13.9. The molecule has 2 aromatic heterocycles. The van der Waals surface area contributed by atoms with Crippen molar-refractivity contribution < 1.29 is 5.11 Å². The van der Waals surface area contributed by atoms with Crippen LogP contribution in [-0.2, 0) is 7.05 Å². The summed E-state index contributed by atoms with van der Waals surface area (Å²) in [5, 5.41) is 11.2. The lowest BCUT2D eigenvalue weighted by Gasteiger charge is -2.20. The average molecular weight is 444 g/mol. The van der Waals surface area contributed by atoms with Gasteiger partial charge in [0.05, 0.1) is 5.60 Å². The van der Waals surface area contributed by atoms with Gasteiger partial charge in [-0.3, -0.25) is 8.77 Å². The minimum absolute atomic E-state index is 0.0144.